The van der Waals surface area contributed by atoms with E-state index in [0.717, 1.165) is 29.7 Å². The Kier molecular flexibility index (Phi) is 4.93. The standard InChI is InChI=1S/C20H22FN5O2/c1-13(28-16-7-5-15(21)6-8-16)20(27)26-11-3-4-14(12-26)17-18-19(25(2)24-17)23-10-9-22-18/h5-10,13-14H,3-4,11-12H2,1-2H3/t13-,14-/m0/s1. The van der Waals surface area contributed by atoms with E-state index in [-0.39, 0.29) is 17.6 Å². The number of aromatic nitrogens is 4. The first-order valence-electron chi connectivity index (χ1n) is 9.37. The second-order valence-electron chi connectivity index (χ2n) is 7.07. The van der Waals surface area contributed by atoms with Gasteiger partial charge in [-0.15, -0.1) is 0 Å². The zero-order valence-electron chi connectivity index (χ0n) is 15.9. The topological polar surface area (TPSA) is 73.1 Å². The van der Waals surface area contributed by atoms with E-state index in [4.69, 9.17) is 4.74 Å². The van der Waals surface area contributed by atoms with Gasteiger partial charge in [-0.2, -0.15) is 5.10 Å². The van der Waals surface area contributed by atoms with Crippen LogP contribution in [0.4, 0.5) is 4.39 Å². The monoisotopic (exact) mass is 383 g/mol. The predicted octanol–water partition coefficient (Wildman–Crippen LogP) is 2.68. The van der Waals surface area contributed by atoms with Gasteiger partial charge in [-0.3, -0.25) is 4.79 Å². The quantitative estimate of drug-likeness (QED) is 0.693. The van der Waals surface area contributed by atoms with E-state index in [2.05, 4.69) is 15.1 Å². The highest BCUT2D eigenvalue weighted by molar-refractivity contribution is 5.81. The molecule has 2 aromatic heterocycles. The summed E-state index contributed by atoms with van der Waals surface area (Å²) in [4.78, 5) is 23.5. The maximum atomic E-state index is 13.0. The van der Waals surface area contributed by atoms with Crippen molar-refractivity contribution in [2.75, 3.05) is 13.1 Å². The highest BCUT2D eigenvalue weighted by Gasteiger charge is 2.31. The summed E-state index contributed by atoms with van der Waals surface area (Å²) in [5.41, 5.74) is 2.42. The zero-order valence-corrected chi connectivity index (χ0v) is 15.9. The van der Waals surface area contributed by atoms with E-state index < -0.39 is 6.10 Å². The lowest BCUT2D eigenvalue weighted by Crippen LogP contribution is -2.45. The van der Waals surface area contributed by atoms with E-state index in [1.54, 1.807) is 24.0 Å². The molecule has 0 radical (unpaired) electrons. The van der Waals surface area contributed by atoms with Crippen LogP contribution in [0.5, 0.6) is 5.75 Å². The Bertz CT molecular complexity index is 988. The van der Waals surface area contributed by atoms with Gasteiger partial charge >= 0.3 is 0 Å². The van der Waals surface area contributed by atoms with Gasteiger partial charge in [-0.1, -0.05) is 0 Å². The van der Waals surface area contributed by atoms with Gasteiger partial charge in [-0.25, -0.2) is 19.0 Å². The fraction of sp³-hybridized carbons (Fsp3) is 0.400. The van der Waals surface area contributed by atoms with E-state index in [1.165, 1.54) is 24.3 Å². The van der Waals surface area contributed by atoms with Crippen molar-refractivity contribution in [3.05, 3.63) is 48.2 Å². The average molecular weight is 383 g/mol. The van der Waals surface area contributed by atoms with E-state index in [1.807, 2.05) is 11.9 Å². The van der Waals surface area contributed by atoms with E-state index >= 15 is 0 Å². The molecule has 3 aromatic rings. The summed E-state index contributed by atoms with van der Waals surface area (Å²) >= 11 is 0. The summed E-state index contributed by atoms with van der Waals surface area (Å²) in [7, 11) is 1.85. The molecular formula is C20H22FN5O2. The molecule has 0 aliphatic carbocycles. The van der Waals surface area contributed by atoms with Crippen LogP contribution in [0.2, 0.25) is 0 Å². The van der Waals surface area contributed by atoms with Gasteiger partial charge in [0.2, 0.25) is 0 Å². The van der Waals surface area contributed by atoms with Crippen LogP contribution in [0.3, 0.4) is 0 Å². The lowest BCUT2D eigenvalue weighted by Gasteiger charge is -2.33. The molecular weight excluding hydrogens is 361 g/mol. The Balaban J connectivity index is 1.48. The van der Waals surface area contributed by atoms with Crippen LogP contribution in [0.15, 0.2) is 36.7 Å². The fourth-order valence-electron chi connectivity index (χ4n) is 3.70. The Morgan fingerprint density at radius 3 is 2.79 bits per heavy atom. The highest BCUT2D eigenvalue weighted by atomic mass is 19.1. The minimum absolute atomic E-state index is 0.0830. The lowest BCUT2D eigenvalue weighted by molar-refractivity contribution is -0.139. The number of halogens is 1. The van der Waals surface area contributed by atoms with Gasteiger partial charge in [0, 0.05) is 38.4 Å². The first-order chi connectivity index (χ1) is 13.5. The van der Waals surface area contributed by atoms with E-state index in [0.29, 0.717) is 18.8 Å². The summed E-state index contributed by atoms with van der Waals surface area (Å²) in [6.07, 6.45) is 4.50. The maximum Gasteiger partial charge on any atom is 0.263 e. The largest absolute Gasteiger partial charge is 0.481 e. The third kappa shape index (κ3) is 3.54. The number of aryl methyl sites for hydroxylation is 1. The average Bonchev–Trinajstić information content (AvgIpc) is 3.06. The van der Waals surface area contributed by atoms with Gasteiger partial charge in [0.1, 0.15) is 17.1 Å². The van der Waals surface area contributed by atoms with Gasteiger partial charge in [0.15, 0.2) is 11.8 Å². The zero-order chi connectivity index (χ0) is 19.7. The molecule has 1 fully saturated rings. The first-order valence-corrected chi connectivity index (χ1v) is 9.37. The van der Waals surface area contributed by atoms with Gasteiger partial charge in [0.25, 0.3) is 5.91 Å². The fourth-order valence-corrected chi connectivity index (χ4v) is 3.70. The van der Waals surface area contributed by atoms with Gasteiger partial charge in [-0.05, 0) is 44.0 Å². The third-order valence-corrected chi connectivity index (χ3v) is 5.08. The van der Waals surface area contributed by atoms with Crippen LogP contribution in [-0.2, 0) is 11.8 Å². The molecule has 4 rings (SSSR count). The number of likely N-dealkylation sites (tertiary alicyclic amines) is 1. The second kappa shape index (κ2) is 7.53. The van der Waals surface area contributed by atoms with Crippen molar-refractivity contribution in [1.29, 1.82) is 0 Å². The second-order valence-corrected chi connectivity index (χ2v) is 7.07. The number of piperidine rings is 1. The van der Waals surface area contributed by atoms with Crippen molar-refractivity contribution in [1.82, 2.24) is 24.6 Å². The Morgan fingerprint density at radius 1 is 1.25 bits per heavy atom. The molecule has 0 saturated carbocycles. The van der Waals surface area contributed by atoms with Crippen molar-refractivity contribution in [2.24, 2.45) is 7.05 Å². The predicted molar refractivity (Wildman–Crippen MR) is 101 cm³/mol. The molecule has 1 aliphatic heterocycles. The number of carbonyl (C=O) groups is 1. The van der Waals surface area contributed by atoms with Crippen molar-refractivity contribution >= 4 is 17.1 Å². The molecule has 1 amide bonds. The number of ether oxygens (including phenoxy) is 1. The summed E-state index contributed by atoms with van der Waals surface area (Å²) in [6, 6.07) is 5.68. The maximum absolute atomic E-state index is 13.0. The molecule has 0 bridgehead atoms. The van der Waals surface area contributed by atoms with Crippen molar-refractivity contribution < 1.29 is 13.9 Å². The normalized spacial score (nSPS) is 18.2. The smallest absolute Gasteiger partial charge is 0.263 e. The minimum atomic E-state index is -0.649. The molecule has 28 heavy (non-hydrogen) atoms. The van der Waals surface area contributed by atoms with Crippen LogP contribution in [-0.4, -0.2) is 49.7 Å². The molecule has 3 heterocycles. The number of nitrogens with zero attached hydrogens (tertiary/aromatic N) is 5. The molecule has 0 unspecified atom stereocenters. The number of fused-ring (bicyclic) bond motifs is 1. The van der Waals surface area contributed by atoms with Gasteiger partial charge < -0.3 is 9.64 Å². The summed E-state index contributed by atoms with van der Waals surface area (Å²) in [6.45, 7) is 2.97. The first kappa shape index (κ1) is 18.3. The van der Waals surface area contributed by atoms with Gasteiger partial charge in [0.05, 0.1) is 5.69 Å². The molecule has 1 aromatic carbocycles. The number of rotatable bonds is 4. The Labute approximate surface area is 162 Å². The minimum Gasteiger partial charge on any atom is -0.481 e. The highest BCUT2D eigenvalue weighted by Crippen LogP contribution is 2.30. The molecule has 1 saturated heterocycles. The summed E-state index contributed by atoms with van der Waals surface area (Å²) < 4.78 is 20.5. The van der Waals surface area contributed by atoms with Crippen LogP contribution in [0, 0.1) is 5.82 Å². The molecule has 146 valence electrons. The molecule has 7 nitrogen and oxygen atoms in total. The van der Waals surface area contributed by atoms with Crippen LogP contribution < -0.4 is 4.74 Å². The van der Waals surface area contributed by atoms with Crippen molar-refractivity contribution in [3.8, 4) is 5.75 Å². The van der Waals surface area contributed by atoms with Crippen LogP contribution >= 0.6 is 0 Å². The Hall–Kier alpha value is -3.03. The lowest BCUT2D eigenvalue weighted by atomic mass is 9.94. The third-order valence-electron chi connectivity index (χ3n) is 5.08. The van der Waals surface area contributed by atoms with Crippen molar-refractivity contribution in [2.45, 2.75) is 31.8 Å². The van der Waals surface area contributed by atoms with Crippen molar-refractivity contribution in [3.63, 3.8) is 0 Å². The number of carbonyl (C=O) groups excluding carboxylic acids is 1. The van der Waals surface area contributed by atoms with Crippen LogP contribution in [0.1, 0.15) is 31.4 Å². The SMILES string of the molecule is C[C@H](Oc1ccc(F)cc1)C(=O)N1CCC[C@H](c2nn(C)c3nccnc23)C1. The summed E-state index contributed by atoms with van der Waals surface area (Å²) in [5, 5.41) is 4.61. The molecule has 2 atom stereocenters. The number of amides is 1. The van der Waals surface area contributed by atoms with E-state index in [9.17, 15) is 9.18 Å². The van der Waals surface area contributed by atoms with Crippen LogP contribution in [0.25, 0.3) is 11.2 Å². The summed E-state index contributed by atoms with van der Waals surface area (Å²) in [5.74, 6) is 0.161. The molecule has 0 N–H and O–H groups in total. The molecule has 1 aliphatic rings. The number of hydrogen-bond acceptors (Lipinski definition) is 5. The number of hydrogen-bond donors (Lipinski definition) is 0. The molecule has 8 heteroatoms. The molecule has 0 spiro atoms. The number of benzene rings is 1. The Morgan fingerprint density at radius 2 is 2.00 bits per heavy atom.